The van der Waals surface area contributed by atoms with Gasteiger partial charge in [-0.15, -0.1) is 0 Å². The Labute approximate surface area is 121 Å². The molecule has 0 bridgehead atoms. The summed E-state index contributed by atoms with van der Waals surface area (Å²) < 4.78 is 5.71. The SMILES string of the molecule is O.c1ccc2c(c1)Nc1ccccc1O2.c1ccsc1. The molecule has 0 saturated carbocycles. The van der Waals surface area contributed by atoms with Gasteiger partial charge in [0.2, 0.25) is 0 Å². The Morgan fingerprint density at radius 3 is 1.65 bits per heavy atom. The summed E-state index contributed by atoms with van der Waals surface area (Å²) in [6.45, 7) is 0. The van der Waals surface area contributed by atoms with Crippen molar-refractivity contribution in [3.8, 4) is 11.5 Å². The van der Waals surface area contributed by atoms with Crippen molar-refractivity contribution >= 4 is 22.7 Å². The molecule has 3 nitrogen and oxygen atoms in total. The van der Waals surface area contributed by atoms with Crippen LogP contribution < -0.4 is 10.1 Å². The Morgan fingerprint density at radius 2 is 1.20 bits per heavy atom. The minimum atomic E-state index is 0. The van der Waals surface area contributed by atoms with E-state index in [2.05, 4.69) is 5.32 Å². The van der Waals surface area contributed by atoms with Crippen LogP contribution in [-0.4, -0.2) is 5.48 Å². The van der Waals surface area contributed by atoms with Crippen molar-refractivity contribution in [1.29, 1.82) is 0 Å². The van der Waals surface area contributed by atoms with Gasteiger partial charge in [-0.1, -0.05) is 36.4 Å². The van der Waals surface area contributed by atoms with E-state index in [9.17, 15) is 0 Å². The fourth-order valence-electron chi connectivity index (χ4n) is 1.81. The Kier molecular flexibility index (Phi) is 4.76. The zero-order valence-corrected chi connectivity index (χ0v) is 11.6. The smallest absolute Gasteiger partial charge is 0.150 e. The fraction of sp³-hybridized carbons (Fsp3) is 0. The van der Waals surface area contributed by atoms with Gasteiger partial charge in [0.05, 0.1) is 11.4 Å². The van der Waals surface area contributed by atoms with Gasteiger partial charge in [-0.05, 0) is 35.0 Å². The largest absolute Gasteiger partial charge is 0.453 e. The van der Waals surface area contributed by atoms with E-state index in [0.29, 0.717) is 0 Å². The molecule has 4 heteroatoms. The lowest BCUT2D eigenvalue weighted by molar-refractivity contribution is 0.481. The quantitative estimate of drug-likeness (QED) is 0.518. The molecule has 0 fully saturated rings. The minimum Gasteiger partial charge on any atom is -0.453 e. The van der Waals surface area contributed by atoms with E-state index in [1.54, 1.807) is 11.3 Å². The van der Waals surface area contributed by atoms with Crippen molar-refractivity contribution in [2.75, 3.05) is 5.32 Å². The van der Waals surface area contributed by atoms with Crippen LogP contribution in [0.3, 0.4) is 0 Å². The van der Waals surface area contributed by atoms with Crippen LogP contribution in [0, 0.1) is 0 Å². The van der Waals surface area contributed by atoms with Gasteiger partial charge in [-0.25, -0.2) is 0 Å². The van der Waals surface area contributed by atoms with Crippen molar-refractivity contribution in [2.45, 2.75) is 0 Å². The summed E-state index contributed by atoms with van der Waals surface area (Å²) in [5.41, 5.74) is 2.04. The summed E-state index contributed by atoms with van der Waals surface area (Å²) in [5, 5.41) is 7.40. The third-order valence-electron chi connectivity index (χ3n) is 2.69. The third-order valence-corrected chi connectivity index (χ3v) is 3.32. The zero-order valence-electron chi connectivity index (χ0n) is 10.7. The molecule has 0 saturated heterocycles. The minimum absolute atomic E-state index is 0. The first-order valence-electron chi connectivity index (χ1n) is 6.03. The van der Waals surface area contributed by atoms with Crippen molar-refractivity contribution in [3.05, 3.63) is 71.4 Å². The first kappa shape index (κ1) is 14.1. The molecule has 2 heterocycles. The Morgan fingerprint density at radius 1 is 0.700 bits per heavy atom. The predicted octanol–water partition coefficient (Wildman–Crippen LogP) is 4.46. The van der Waals surface area contributed by atoms with Crippen LogP contribution in [-0.2, 0) is 0 Å². The highest BCUT2D eigenvalue weighted by atomic mass is 32.1. The number of rotatable bonds is 0. The lowest BCUT2D eigenvalue weighted by atomic mass is 10.2. The predicted molar refractivity (Wildman–Crippen MR) is 84.2 cm³/mol. The second kappa shape index (κ2) is 6.75. The number of hydrogen-bond acceptors (Lipinski definition) is 3. The van der Waals surface area contributed by atoms with Crippen LogP contribution >= 0.6 is 11.3 Å². The molecule has 102 valence electrons. The summed E-state index contributed by atoms with van der Waals surface area (Å²) in [7, 11) is 0. The van der Waals surface area contributed by atoms with Crippen LogP contribution in [0.5, 0.6) is 11.5 Å². The summed E-state index contributed by atoms with van der Waals surface area (Å²) >= 11 is 1.71. The number of para-hydroxylation sites is 4. The maximum atomic E-state index is 5.71. The standard InChI is InChI=1S/C12H9NO.C4H4S.H2O/c1-3-7-11-9(5-1)13-10-6-2-4-8-12(10)14-11;1-2-4-5-3-1;/h1-8,13H;1-4H;1H2. The molecule has 3 aromatic rings. The number of ether oxygens (including phenoxy) is 1. The van der Waals surface area contributed by atoms with E-state index in [4.69, 9.17) is 4.74 Å². The monoisotopic (exact) mass is 285 g/mol. The summed E-state index contributed by atoms with van der Waals surface area (Å²) in [4.78, 5) is 0. The second-order valence-electron chi connectivity index (χ2n) is 4.01. The van der Waals surface area contributed by atoms with E-state index >= 15 is 0 Å². The number of nitrogens with one attached hydrogen (secondary N) is 1. The molecule has 3 N–H and O–H groups in total. The summed E-state index contributed by atoms with van der Waals surface area (Å²) in [5.74, 6) is 1.76. The maximum Gasteiger partial charge on any atom is 0.150 e. The number of benzene rings is 2. The zero-order chi connectivity index (χ0) is 12.9. The Hall–Kier alpha value is -2.30. The van der Waals surface area contributed by atoms with Crippen LogP contribution in [0.15, 0.2) is 71.4 Å². The van der Waals surface area contributed by atoms with Crippen molar-refractivity contribution in [1.82, 2.24) is 0 Å². The third kappa shape index (κ3) is 3.17. The highest BCUT2D eigenvalue weighted by Gasteiger charge is 2.13. The molecule has 1 aliphatic heterocycles. The molecular weight excluding hydrogens is 270 g/mol. The van der Waals surface area contributed by atoms with Crippen LogP contribution in [0.1, 0.15) is 0 Å². The molecule has 0 amide bonds. The highest BCUT2D eigenvalue weighted by molar-refractivity contribution is 7.07. The molecule has 2 aromatic carbocycles. The van der Waals surface area contributed by atoms with Gasteiger partial charge in [-0.2, -0.15) is 11.3 Å². The van der Waals surface area contributed by atoms with Crippen molar-refractivity contribution in [3.63, 3.8) is 0 Å². The molecule has 0 unspecified atom stereocenters. The normalized spacial score (nSPS) is 10.4. The van der Waals surface area contributed by atoms with Crippen LogP contribution in [0.2, 0.25) is 0 Å². The maximum absolute atomic E-state index is 5.71. The second-order valence-corrected chi connectivity index (χ2v) is 4.83. The molecule has 1 aromatic heterocycles. The Bertz CT molecular complexity index is 548. The molecule has 4 rings (SSSR count). The van der Waals surface area contributed by atoms with Gasteiger partial charge in [0.15, 0.2) is 11.5 Å². The van der Waals surface area contributed by atoms with E-state index in [1.807, 2.05) is 71.4 Å². The van der Waals surface area contributed by atoms with Crippen LogP contribution in [0.25, 0.3) is 0 Å². The molecular formula is C16H15NO2S. The molecule has 20 heavy (non-hydrogen) atoms. The van der Waals surface area contributed by atoms with E-state index in [-0.39, 0.29) is 5.48 Å². The number of anilines is 2. The van der Waals surface area contributed by atoms with Gasteiger partial charge >= 0.3 is 0 Å². The van der Waals surface area contributed by atoms with Gasteiger partial charge in [0, 0.05) is 0 Å². The topological polar surface area (TPSA) is 52.8 Å². The van der Waals surface area contributed by atoms with E-state index < -0.39 is 0 Å². The molecule has 0 radical (unpaired) electrons. The summed E-state index contributed by atoms with van der Waals surface area (Å²) in [6.07, 6.45) is 0. The number of fused-ring (bicyclic) bond motifs is 2. The first-order valence-corrected chi connectivity index (χ1v) is 6.98. The first-order chi connectivity index (χ1) is 9.43. The lowest BCUT2D eigenvalue weighted by Crippen LogP contribution is -2.01. The average molecular weight is 285 g/mol. The van der Waals surface area contributed by atoms with E-state index in [0.717, 1.165) is 22.9 Å². The Balaban J connectivity index is 0.000000210. The van der Waals surface area contributed by atoms with Gasteiger partial charge in [-0.3, -0.25) is 0 Å². The lowest BCUT2D eigenvalue weighted by Gasteiger charge is -2.20. The molecule has 0 atom stereocenters. The van der Waals surface area contributed by atoms with Gasteiger partial charge in [0.25, 0.3) is 0 Å². The summed E-state index contributed by atoms with van der Waals surface area (Å²) in [6, 6.07) is 19.9. The molecule has 0 spiro atoms. The van der Waals surface area contributed by atoms with Gasteiger partial charge in [0.1, 0.15) is 0 Å². The fourth-order valence-corrected chi connectivity index (χ4v) is 2.26. The average Bonchev–Trinajstić information content (AvgIpc) is 3.04. The molecule has 0 aliphatic carbocycles. The van der Waals surface area contributed by atoms with Crippen molar-refractivity contribution in [2.24, 2.45) is 0 Å². The number of hydrogen-bond donors (Lipinski definition) is 1. The van der Waals surface area contributed by atoms with Crippen molar-refractivity contribution < 1.29 is 10.2 Å². The number of thiophene rings is 1. The van der Waals surface area contributed by atoms with Crippen LogP contribution in [0.4, 0.5) is 11.4 Å². The molecule has 1 aliphatic rings. The highest BCUT2D eigenvalue weighted by Crippen LogP contribution is 2.40. The van der Waals surface area contributed by atoms with Gasteiger partial charge < -0.3 is 15.5 Å². The van der Waals surface area contributed by atoms with E-state index in [1.165, 1.54) is 0 Å².